The van der Waals surface area contributed by atoms with Crippen LogP contribution in [0.1, 0.15) is 126 Å². The highest BCUT2D eigenvalue weighted by Crippen LogP contribution is 2.38. The molecule has 0 spiro atoms. The monoisotopic (exact) mass is 545 g/mol. The lowest BCUT2D eigenvalue weighted by molar-refractivity contribution is 0.0681. The minimum absolute atomic E-state index is 0. The third-order valence-corrected chi connectivity index (χ3v) is 6.03. The molecular weight excluding hydrogens is 499 g/mol. The molecule has 0 aliphatic rings. The van der Waals surface area contributed by atoms with Crippen molar-refractivity contribution in [3.63, 3.8) is 0 Å². The number of hydrogen-bond acceptors (Lipinski definition) is 4. The maximum atomic E-state index is 11.2. The van der Waals surface area contributed by atoms with Gasteiger partial charge in [-0.15, -0.1) is 0 Å². The number of carboxylic acids is 2. The van der Waals surface area contributed by atoms with E-state index in [1.54, 1.807) is 12.1 Å². The summed E-state index contributed by atoms with van der Waals surface area (Å²) in [6, 6.07) is 6.93. The van der Waals surface area contributed by atoms with Crippen LogP contribution in [-0.2, 0) is 21.7 Å². The zero-order valence-electron chi connectivity index (χ0n) is 25.0. The third kappa shape index (κ3) is 9.34. The van der Waals surface area contributed by atoms with Crippen molar-refractivity contribution >= 4 is 29.3 Å². The predicted molar refractivity (Wildman–Crippen MR) is 154 cm³/mol. The van der Waals surface area contributed by atoms with Crippen LogP contribution in [0.4, 0.5) is 0 Å². The van der Waals surface area contributed by atoms with Gasteiger partial charge in [-0.05, 0) is 44.9 Å². The number of carbonyl (C=O) groups is 2. The molecule has 0 bridgehead atoms. The number of aromatic hydroxyl groups is 2. The third-order valence-electron chi connectivity index (χ3n) is 6.03. The highest BCUT2D eigenvalue weighted by atomic mass is 27.0. The van der Waals surface area contributed by atoms with E-state index in [1.165, 1.54) is 0 Å². The fourth-order valence-corrected chi connectivity index (χ4v) is 3.60. The largest absolute Gasteiger partial charge is 0.507 e. The Morgan fingerprint density at radius 1 is 0.526 bits per heavy atom. The van der Waals surface area contributed by atoms with E-state index in [9.17, 15) is 30.0 Å². The molecule has 2 aromatic carbocycles. The Morgan fingerprint density at radius 2 is 0.763 bits per heavy atom. The Hall–Kier alpha value is -2.53. The maximum absolute atomic E-state index is 11.2. The Bertz CT molecular complexity index is 1050. The van der Waals surface area contributed by atoms with E-state index in [-0.39, 0.29) is 67.1 Å². The first-order valence-corrected chi connectivity index (χ1v) is 12.1. The zero-order valence-corrected chi connectivity index (χ0v) is 26.1. The van der Waals surface area contributed by atoms with Crippen LogP contribution in [0.5, 0.6) is 11.5 Å². The van der Waals surface area contributed by atoms with Gasteiger partial charge in [0, 0.05) is 28.5 Å². The van der Waals surface area contributed by atoms with Crippen LogP contribution in [-0.4, -0.2) is 55.2 Å². The molecule has 0 amide bonds. The lowest BCUT2D eigenvalue weighted by Crippen LogP contribution is -2.18. The van der Waals surface area contributed by atoms with Crippen LogP contribution in [0.25, 0.3) is 0 Å². The quantitative estimate of drug-likeness (QED) is 0.332. The van der Waals surface area contributed by atoms with Gasteiger partial charge < -0.3 is 25.9 Å². The van der Waals surface area contributed by atoms with Crippen molar-refractivity contribution in [3.05, 3.63) is 57.6 Å². The molecule has 0 atom stereocenters. The van der Waals surface area contributed by atoms with Crippen molar-refractivity contribution in [1.29, 1.82) is 0 Å². The van der Waals surface area contributed by atoms with Crippen molar-refractivity contribution < 1.29 is 35.5 Å². The smallest absolute Gasteiger partial charge is 0.339 e. The highest BCUT2D eigenvalue weighted by Gasteiger charge is 2.28. The molecule has 0 saturated carbocycles. The number of phenols is 2. The summed E-state index contributed by atoms with van der Waals surface area (Å²) in [5.41, 5.74) is 2.24. The molecule has 0 unspecified atom stereocenters. The molecule has 3 radical (unpaired) electrons. The Labute approximate surface area is 238 Å². The molecule has 0 heterocycles. The fraction of sp³-hybridized carbons (Fsp3) is 0.533. The minimum Gasteiger partial charge on any atom is -0.507 e. The van der Waals surface area contributed by atoms with Crippen molar-refractivity contribution in [1.82, 2.24) is 0 Å². The standard InChI is InChI=1S/2C15H22O3.Al.H2O/c2*1-14(2,3)9-7-10(13(17)18)12(16)11(8-9)15(4,5)6;;/h2*7-8,16H,1-6H3,(H,17,18);;1H2. The normalized spacial score (nSPS) is 11.9. The molecular formula is C30H46AlO7. The average Bonchev–Trinajstić information content (AvgIpc) is 2.64. The van der Waals surface area contributed by atoms with E-state index in [0.29, 0.717) is 11.1 Å². The molecule has 0 aliphatic heterocycles. The molecule has 2 rings (SSSR count). The molecule has 0 saturated heterocycles. The zero-order chi connectivity index (χ0) is 28.6. The van der Waals surface area contributed by atoms with Crippen LogP contribution in [0.3, 0.4) is 0 Å². The summed E-state index contributed by atoms with van der Waals surface area (Å²) in [4.78, 5) is 22.4. The van der Waals surface area contributed by atoms with Crippen LogP contribution in [0, 0.1) is 0 Å². The van der Waals surface area contributed by atoms with Gasteiger partial charge in [-0.25, -0.2) is 9.59 Å². The Balaban J connectivity index is 0. The van der Waals surface area contributed by atoms with Crippen LogP contribution < -0.4 is 0 Å². The van der Waals surface area contributed by atoms with Crippen molar-refractivity contribution in [2.75, 3.05) is 0 Å². The summed E-state index contributed by atoms with van der Waals surface area (Å²) >= 11 is 0. The van der Waals surface area contributed by atoms with E-state index >= 15 is 0 Å². The van der Waals surface area contributed by atoms with E-state index in [4.69, 9.17) is 0 Å². The maximum Gasteiger partial charge on any atom is 0.339 e. The van der Waals surface area contributed by atoms with Crippen LogP contribution in [0.15, 0.2) is 24.3 Å². The minimum atomic E-state index is -1.09. The van der Waals surface area contributed by atoms with Crippen molar-refractivity contribution in [2.24, 2.45) is 0 Å². The number of carboxylic acid groups (broad SMARTS) is 2. The molecule has 38 heavy (non-hydrogen) atoms. The molecule has 0 aliphatic carbocycles. The van der Waals surface area contributed by atoms with Gasteiger partial charge in [0.2, 0.25) is 0 Å². The highest BCUT2D eigenvalue weighted by molar-refractivity contribution is 5.92. The van der Waals surface area contributed by atoms with Crippen LogP contribution in [0.2, 0.25) is 0 Å². The summed E-state index contributed by atoms with van der Waals surface area (Å²) < 4.78 is 0. The SMILES string of the molecule is CC(C)(C)c1cc(C(=O)O)c(O)c(C(C)(C)C)c1.CC(C)(C)c1cc(C(=O)O)c(O)c(C(C)(C)C)c1.O.[Al]. The Morgan fingerprint density at radius 3 is 0.921 bits per heavy atom. The molecule has 2 aromatic rings. The second-order valence-corrected chi connectivity index (χ2v) is 13.5. The van der Waals surface area contributed by atoms with E-state index < -0.39 is 11.9 Å². The number of benzene rings is 2. The first-order valence-electron chi connectivity index (χ1n) is 12.1. The van der Waals surface area contributed by atoms with Crippen molar-refractivity contribution in [2.45, 2.75) is 105 Å². The number of rotatable bonds is 2. The summed E-state index contributed by atoms with van der Waals surface area (Å²) in [6.07, 6.45) is 0. The molecule has 6 N–H and O–H groups in total. The van der Waals surface area contributed by atoms with Gasteiger partial charge in [0.25, 0.3) is 0 Å². The molecule has 8 heteroatoms. The molecule has 0 fully saturated rings. The van der Waals surface area contributed by atoms with Gasteiger partial charge in [0.05, 0.1) is 0 Å². The molecule has 211 valence electrons. The second-order valence-electron chi connectivity index (χ2n) is 13.5. The van der Waals surface area contributed by atoms with Gasteiger partial charge in [-0.3, -0.25) is 0 Å². The lowest BCUT2D eigenvalue weighted by atomic mass is 9.79. The van der Waals surface area contributed by atoms with Crippen molar-refractivity contribution in [3.8, 4) is 11.5 Å². The van der Waals surface area contributed by atoms with E-state index in [2.05, 4.69) is 0 Å². The Kier molecular flexibility index (Phi) is 12.4. The summed E-state index contributed by atoms with van der Waals surface area (Å²) in [6.45, 7) is 23.9. The van der Waals surface area contributed by atoms with Gasteiger partial charge in [0.15, 0.2) is 0 Å². The lowest BCUT2D eigenvalue weighted by Gasteiger charge is -2.26. The first kappa shape index (κ1) is 37.6. The fourth-order valence-electron chi connectivity index (χ4n) is 3.60. The van der Waals surface area contributed by atoms with Gasteiger partial charge >= 0.3 is 11.9 Å². The van der Waals surface area contributed by atoms with Gasteiger partial charge in [-0.2, -0.15) is 0 Å². The summed E-state index contributed by atoms with van der Waals surface area (Å²) in [5.74, 6) is -2.43. The topological polar surface area (TPSA) is 147 Å². The predicted octanol–water partition coefficient (Wildman–Crippen LogP) is 6.17. The van der Waals surface area contributed by atoms with Gasteiger partial charge in [-0.1, -0.05) is 95.2 Å². The van der Waals surface area contributed by atoms with Crippen LogP contribution >= 0.6 is 0 Å². The summed E-state index contributed by atoms with van der Waals surface area (Å²) in [5, 5.41) is 38.6. The number of hydrogen-bond donors (Lipinski definition) is 4. The average molecular weight is 546 g/mol. The van der Waals surface area contributed by atoms with Gasteiger partial charge in [0.1, 0.15) is 22.6 Å². The summed E-state index contributed by atoms with van der Waals surface area (Å²) in [7, 11) is 0. The molecule has 7 nitrogen and oxygen atoms in total. The first-order chi connectivity index (χ1) is 15.9. The second kappa shape index (κ2) is 12.6. The molecule has 0 aromatic heterocycles. The van der Waals surface area contributed by atoms with E-state index in [1.807, 2.05) is 95.2 Å². The van der Waals surface area contributed by atoms with E-state index in [0.717, 1.165) is 11.1 Å². The number of aromatic carboxylic acids is 2.